The van der Waals surface area contributed by atoms with E-state index in [4.69, 9.17) is 4.74 Å². The Hall–Kier alpha value is -3.18. The van der Waals surface area contributed by atoms with Crippen molar-refractivity contribution in [1.29, 1.82) is 0 Å². The molecule has 1 aromatic heterocycles. The fourth-order valence-corrected chi connectivity index (χ4v) is 2.85. The molecule has 144 valence electrons. The lowest BCUT2D eigenvalue weighted by Crippen LogP contribution is -2.26. The van der Waals surface area contributed by atoms with Gasteiger partial charge in [0, 0.05) is 31.8 Å². The van der Waals surface area contributed by atoms with Crippen LogP contribution in [-0.4, -0.2) is 10.5 Å². The summed E-state index contributed by atoms with van der Waals surface area (Å²) in [7, 11) is 0. The van der Waals surface area contributed by atoms with E-state index in [9.17, 15) is 9.59 Å². The summed E-state index contributed by atoms with van der Waals surface area (Å²) < 4.78 is 7.30. The van der Waals surface area contributed by atoms with E-state index < -0.39 is 0 Å². The first-order valence-electron chi connectivity index (χ1n) is 9.32. The zero-order valence-corrected chi connectivity index (χ0v) is 15.7. The molecule has 0 spiro atoms. The summed E-state index contributed by atoms with van der Waals surface area (Å²) in [6.07, 6.45) is 1.96. The van der Waals surface area contributed by atoms with E-state index >= 15 is 0 Å². The van der Waals surface area contributed by atoms with Crippen LogP contribution < -0.4 is 10.9 Å². The van der Waals surface area contributed by atoms with Gasteiger partial charge in [0.1, 0.15) is 0 Å². The van der Waals surface area contributed by atoms with Gasteiger partial charge in [-0.05, 0) is 22.8 Å². The van der Waals surface area contributed by atoms with E-state index in [2.05, 4.69) is 5.32 Å². The number of pyridine rings is 1. The van der Waals surface area contributed by atoms with Gasteiger partial charge in [-0.25, -0.2) is 0 Å². The molecule has 0 bridgehead atoms. The van der Waals surface area contributed by atoms with Crippen molar-refractivity contribution in [2.45, 2.75) is 32.7 Å². The van der Waals surface area contributed by atoms with Crippen molar-refractivity contribution in [3.63, 3.8) is 0 Å². The predicted octanol–water partition coefficient (Wildman–Crippen LogP) is 3.27. The molecule has 0 saturated heterocycles. The van der Waals surface area contributed by atoms with Gasteiger partial charge in [0.2, 0.25) is 5.91 Å². The molecule has 0 fully saturated rings. The largest absolute Gasteiger partial charge is 0.372 e. The molecule has 5 nitrogen and oxygen atoms in total. The number of nitrogens with zero attached hydrogens (tertiary/aromatic N) is 1. The molecule has 0 aliphatic carbocycles. The lowest BCUT2D eigenvalue weighted by molar-refractivity contribution is -0.121. The monoisotopic (exact) mass is 376 g/mol. The van der Waals surface area contributed by atoms with Crippen LogP contribution in [0.5, 0.6) is 0 Å². The Kier molecular flexibility index (Phi) is 7.15. The Balaban J connectivity index is 1.43. The van der Waals surface area contributed by atoms with E-state index in [0.717, 1.165) is 16.7 Å². The van der Waals surface area contributed by atoms with Crippen molar-refractivity contribution in [1.82, 2.24) is 9.88 Å². The maximum Gasteiger partial charge on any atom is 0.250 e. The van der Waals surface area contributed by atoms with Gasteiger partial charge in [0.15, 0.2) is 0 Å². The number of hydrogen-bond acceptors (Lipinski definition) is 3. The van der Waals surface area contributed by atoms with Crippen molar-refractivity contribution in [3.8, 4) is 0 Å². The Morgan fingerprint density at radius 3 is 2.39 bits per heavy atom. The summed E-state index contributed by atoms with van der Waals surface area (Å²) in [6.45, 7) is 1.92. The first kappa shape index (κ1) is 19.6. The molecule has 1 heterocycles. The van der Waals surface area contributed by atoms with E-state index in [0.29, 0.717) is 26.3 Å². The highest BCUT2D eigenvalue weighted by molar-refractivity contribution is 5.75. The van der Waals surface area contributed by atoms with Crippen LogP contribution in [0.1, 0.15) is 23.1 Å². The van der Waals surface area contributed by atoms with Gasteiger partial charge in [0.25, 0.3) is 5.56 Å². The third-order valence-corrected chi connectivity index (χ3v) is 4.34. The summed E-state index contributed by atoms with van der Waals surface area (Å²) in [5, 5.41) is 2.90. The molecule has 0 unspecified atom stereocenters. The maximum absolute atomic E-state index is 12.1. The van der Waals surface area contributed by atoms with Crippen LogP contribution in [-0.2, 0) is 35.8 Å². The highest BCUT2D eigenvalue weighted by Crippen LogP contribution is 2.09. The average molecular weight is 376 g/mol. The number of amides is 1. The molecule has 3 aromatic rings. The third-order valence-electron chi connectivity index (χ3n) is 4.34. The minimum Gasteiger partial charge on any atom is -0.372 e. The fourth-order valence-electron chi connectivity index (χ4n) is 2.85. The Bertz CT molecular complexity index is 951. The van der Waals surface area contributed by atoms with E-state index in [1.54, 1.807) is 18.3 Å². The maximum atomic E-state index is 12.1. The molecule has 28 heavy (non-hydrogen) atoms. The quantitative estimate of drug-likeness (QED) is 0.623. The first-order chi connectivity index (χ1) is 13.7. The van der Waals surface area contributed by atoms with Gasteiger partial charge in [-0.3, -0.25) is 9.59 Å². The van der Waals surface area contributed by atoms with Crippen molar-refractivity contribution in [2.24, 2.45) is 0 Å². The lowest BCUT2D eigenvalue weighted by Gasteiger charge is -2.09. The van der Waals surface area contributed by atoms with E-state index in [1.807, 2.05) is 54.6 Å². The number of rotatable bonds is 9. The molecule has 0 saturated carbocycles. The second kappa shape index (κ2) is 10.2. The van der Waals surface area contributed by atoms with E-state index in [1.165, 1.54) is 10.6 Å². The average Bonchev–Trinajstić information content (AvgIpc) is 2.73. The molecule has 2 aromatic carbocycles. The van der Waals surface area contributed by atoms with Crippen molar-refractivity contribution in [2.75, 3.05) is 0 Å². The number of aryl methyl sites for hydroxylation is 1. The van der Waals surface area contributed by atoms with Crippen LogP contribution in [0.4, 0.5) is 0 Å². The van der Waals surface area contributed by atoms with Crippen LogP contribution in [0.25, 0.3) is 0 Å². The van der Waals surface area contributed by atoms with Crippen molar-refractivity contribution >= 4 is 5.91 Å². The minimum atomic E-state index is -0.0986. The van der Waals surface area contributed by atoms with Crippen molar-refractivity contribution < 1.29 is 9.53 Å². The summed E-state index contributed by atoms with van der Waals surface area (Å²) in [4.78, 5) is 23.7. The zero-order valence-electron chi connectivity index (χ0n) is 15.7. The number of carbonyl (C=O) groups is 1. The highest BCUT2D eigenvalue weighted by Gasteiger charge is 2.04. The Morgan fingerprint density at radius 1 is 0.857 bits per heavy atom. The van der Waals surface area contributed by atoms with E-state index in [-0.39, 0.29) is 17.9 Å². The summed E-state index contributed by atoms with van der Waals surface area (Å²) in [5.74, 6) is -0.0820. The van der Waals surface area contributed by atoms with Crippen LogP contribution in [0.2, 0.25) is 0 Å². The second-order valence-electron chi connectivity index (χ2n) is 6.56. The van der Waals surface area contributed by atoms with Crippen LogP contribution in [0.15, 0.2) is 83.8 Å². The van der Waals surface area contributed by atoms with Gasteiger partial charge < -0.3 is 14.6 Å². The minimum absolute atomic E-state index is 0.0820. The van der Waals surface area contributed by atoms with Gasteiger partial charge in [-0.1, -0.05) is 60.7 Å². The topological polar surface area (TPSA) is 60.3 Å². The summed E-state index contributed by atoms with van der Waals surface area (Å²) in [5.41, 5.74) is 3.13. The number of ether oxygens (including phenoxy) is 1. The number of carbonyl (C=O) groups excluding carboxylic acids is 1. The number of nitrogens with one attached hydrogen (secondary N) is 1. The molecular weight excluding hydrogens is 352 g/mol. The second-order valence-corrected chi connectivity index (χ2v) is 6.56. The lowest BCUT2D eigenvalue weighted by atomic mass is 10.1. The summed E-state index contributed by atoms with van der Waals surface area (Å²) in [6, 6.07) is 23.0. The molecule has 1 amide bonds. The molecule has 0 atom stereocenters. The molecule has 0 aliphatic rings. The van der Waals surface area contributed by atoms with Gasteiger partial charge >= 0.3 is 0 Å². The van der Waals surface area contributed by atoms with Gasteiger partial charge in [-0.2, -0.15) is 0 Å². The normalized spacial score (nSPS) is 10.6. The molecule has 1 N–H and O–H groups in total. The predicted molar refractivity (Wildman–Crippen MR) is 109 cm³/mol. The molecule has 5 heteroatoms. The third kappa shape index (κ3) is 6.21. The first-order valence-corrected chi connectivity index (χ1v) is 9.32. The molecule has 3 rings (SSSR count). The van der Waals surface area contributed by atoms with Gasteiger partial charge in [0.05, 0.1) is 13.2 Å². The van der Waals surface area contributed by atoms with Crippen molar-refractivity contribution in [3.05, 3.63) is 106 Å². The van der Waals surface area contributed by atoms with Gasteiger partial charge in [-0.15, -0.1) is 0 Å². The smallest absolute Gasteiger partial charge is 0.250 e. The fraction of sp³-hybridized carbons (Fsp3) is 0.217. The molecular formula is C23H24N2O3. The molecule has 0 radical (unpaired) electrons. The van der Waals surface area contributed by atoms with Crippen LogP contribution >= 0.6 is 0 Å². The Labute approximate surface area is 164 Å². The number of benzene rings is 2. The summed E-state index contributed by atoms with van der Waals surface area (Å²) >= 11 is 0. The number of hydrogen-bond donors (Lipinski definition) is 1. The SMILES string of the molecule is O=C(CCn1ccccc1=O)NCc1cccc(COCc2ccccc2)c1. The molecule has 0 aliphatic heterocycles. The Morgan fingerprint density at radius 2 is 1.57 bits per heavy atom. The zero-order chi connectivity index (χ0) is 19.6. The number of aromatic nitrogens is 1. The van der Waals surface area contributed by atoms with Crippen LogP contribution in [0, 0.1) is 0 Å². The standard InChI is InChI=1S/C23H24N2O3/c26-22(12-14-25-13-5-4-11-23(25)27)24-16-20-9-6-10-21(15-20)18-28-17-19-7-2-1-3-8-19/h1-11,13,15H,12,14,16-18H2,(H,24,26). The highest BCUT2D eigenvalue weighted by atomic mass is 16.5. The van der Waals surface area contributed by atoms with Crippen LogP contribution in [0.3, 0.4) is 0 Å².